The molecule has 0 heterocycles. The van der Waals surface area contributed by atoms with E-state index in [2.05, 4.69) is 48.5 Å². The first-order chi connectivity index (χ1) is 12.8. The van der Waals surface area contributed by atoms with Gasteiger partial charge in [0.1, 0.15) is 0 Å². The predicted molar refractivity (Wildman–Crippen MR) is 123 cm³/mol. The van der Waals surface area contributed by atoms with Crippen LogP contribution in [-0.2, 0) is 0 Å². The van der Waals surface area contributed by atoms with Gasteiger partial charge in [-0.2, -0.15) is 0 Å². The highest BCUT2D eigenvalue weighted by atomic mass is 14.6. The summed E-state index contributed by atoms with van der Waals surface area (Å²) in [5, 5.41) is 0. The van der Waals surface area contributed by atoms with Crippen molar-refractivity contribution in [1.29, 1.82) is 0 Å². The third-order valence-electron chi connectivity index (χ3n) is 8.16. The van der Waals surface area contributed by atoms with Gasteiger partial charge >= 0.3 is 0 Å². The van der Waals surface area contributed by atoms with Crippen molar-refractivity contribution >= 4 is 0 Å². The van der Waals surface area contributed by atoms with Crippen LogP contribution in [0.2, 0.25) is 0 Å². The lowest BCUT2D eigenvalue weighted by Crippen LogP contribution is -2.38. The van der Waals surface area contributed by atoms with Gasteiger partial charge in [0.2, 0.25) is 0 Å². The molecule has 1 fully saturated rings. The van der Waals surface area contributed by atoms with Gasteiger partial charge in [-0.3, -0.25) is 0 Å². The van der Waals surface area contributed by atoms with Crippen molar-refractivity contribution in [1.82, 2.24) is 0 Å². The van der Waals surface area contributed by atoms with Crippen LogP contribution in [0.5, 0.6) is 0 Å². The molecule has 1 nitrogen and oxygen atoms in total. The number of rotatable bonds is 15. The Hall–Kier alpha value is -0.0400. The van der Waals surface area contributed by atoms with Crippen LogP contribution in [0.25, 0.3) is 0 Å². The van der Waals surface area contributed by atoms with E-state index in [1.807, 2.05) is 0 Å². The van der Waals surface area contributed by atoms with Crippen LogP contribution >= 0.6 is 0 Å². The number of hydrogen-bond acceptors (Lipinski definition) is 1. The molecule has 1 saturated carbocycles. The minimum atomic E-state index is 0.615. The zero-order chi connectivity index (χ0) is 20.4. The van der Waals surface area contributed by atoms with Crippen LogP contribution in [0, 0.1) is 40.9 Å². The molecule has 0 saturated heterocycles. The van der Waals surface area contributed by atoms with E-state index in [1.54, 1.807) is 0 Å². The Bertz CT molecular complexity index is 376. The summed E-state index contributed by atoms with van der Waals surface area (Å²) >= 11 is 0. The zero-order valence-electron chi connectivity index (χ0n) is 20.0. The molecule has 27 heavy (non-hydrogen) atoms. The summed E-state index contributed by atoms with van der Waals surface area (Å²) in [6.07, 6.45) is 15.3. The van der Waals surface area contributed by atoms with E-state index >= 15 is 0 Å². The second-order valence-corrected chi connectivity index (χ2v) is 10.9. The highest BCUT2D eigenvalue weighted by Gasteiger charge is 2.40. The summed E-state index contributed by atoms with van der Waals surface area (Å²) in [4.78, 5) is 0. The fourth-order valence-electron chi connectivity index (χ4n) is 5.66. The molecule has 6 unspecified atom stereocenters. The summed E-state index contributed by atoms with van der Waals surface area (Å²) < 4.78 is 0. The Morgan fingerprint density at radius 2 is 1.56 bits per heavy atom. The molecule has 0 aromatic carbocycles. The van der Waals surface area contributed by atoms with Crippen molar-refractivity contribution in [3.63, 3.8) is 0 Å². The molecule has 0 bridgehead atoms. The first kappa shape index (κ1) is 25.0. The van der Waals surface area contributed by atoms with Crippen LogP contribution in [0.15, 0.2) is 0 Å². The fourth-order valence-corrected chi connectivity index (χ4v) is 5.66. The molecule has 1 aliphatic rings. The van der Waals surface area contributed by atoms with E-state index in [0.717, 1.165) is 42.1 Å². The molecule has 0 aromatic rings. The quantitative estimate of drug-likeness (QED) is 0.306. The van der Waals surface area contributed by atoms with Gasteiger partial charge in [-0.15, -0.1) is 0 Å². The Labute approximate surface area is 172 Å². The molecule has 1 heteroatoms. The third kappa shape index (κ3) is 8.08. The normalized spacial score (nSPS) is 27.2. The first-order valence-electron chi connectivity index (χ1n) is 12.5. The Morgan fingerprint density at radius 1 is 0.926 bits per heavy atom. The standard InChI is InChI=1S/C26H53N/c1-8-10-23(18-21(5)13-12-20(3)4)25(24(19-27)11-9-2)15-17-26(7)16-14-22(26)6/h20-25H,8-19,27H2,1-7H3. The average Bonchev–Trinajstić information content (AvgIpc) is 2.64. The van der Waals surface area contributed by atoms with Gasteiger partial charge in [-0.05, 0) is 86.0 Å². The lowest BCUT2D eigenvalue weighted by molar-refractivity contribution is 0.0345. The first-order valence-corrected chi connectivity index (χ1v) is 12.5. The maximum absolute atomic E-state index is 6.34. The van der Waals surface area contributed by atoms with Crippen molar-refractivity contribution in [3.8, 4) is 0 Å². The van der Waals surface area contributed by atoms with Gasteiger partial charge in [0.05, 0.1) is 0 Å². The van der Waals surface area contributed by atoms with E-state index in [9.17, 15) is 0 Å². The summed E-state index contributed by atoms with van der Waals surface area (Å²) in [5.41, 5.74) is 6.95. The Morgan fingerprint density at radius 3 is 2.00 bits per heavy atom. The third-order valence-corrected chi connectivity index (χ3v) is 8.16. The van der Waals surface area contributed by atoms with Gasteiger partial charge in [-0.25, -0.2) is 0 Å². The second-order valence-electron chi connectivity index (χ2n) is 10.9. The monoisotopic (exact) mass is 379 g/mol. The van der Waals surface area contributed by atoms with E-state index < -0.39 is 0 Å². The van der Waals surface area contributed by atoms with E-state index in [0.29, 0.717) is 5.41 Å². The molecular formula is C26H53N. The molecule has 1 aliphatic carbocycles. The maximum Gasteiger partial charge on any atom is -0.00461 e. The summed E-state index contributed by atoms with van der Waals surface area (Å²) in [6.45, 7) is 17.9. The maximum atomic E-state index is 6.34. The molecule has 1 rings (SSSR count). The molecule has 2 N–H and O–H groups in total. The summed E-state index contributed by atoms with van der Waals surface area (Å²) in [6, 6.07) is 0. The number of nitrogens with two attached hydrogens (primary N) is 1. The number of hydrogen-bond donors (Lipinski definition) is 1. The highest BCUT2D eigenvalue weighted by Crippen LogP contribution is 2.51. The summed E-state index contributed by atoms with van der Waals surface area (Å²) in [7, 11) is 0. The van der Waals surface area contributed by atoms with Gasteiger partial charge in [0, 0.05) is 0 Å². The molecule has 0 radical (unpaired) electrons. The lowest BCUT2D eigenvalue weighted by atomic mass is 9.58. The smallest absolute Gasteiger partial charge is 0.00461 e. The largest absolute Gasteiger partial charge is 0.330 e. The summed E-state index contributed by atoms with van der Waals surface area (Å²) in [5.74, 6) is 5.10. The Balaban J connectivity index is 2.82. The molecule has 0 amide bonds. The van der Waals surface area contributed by atoms with E-state index in [4.69, 9.17) is 5.73 Å². The SMILES string of the molecule is CCCC(CN)C(CCC1(C)CCC1C)C(CCC)CC(C)CCC(C)C. The van der Waals surface area contributed by atoms with Crippen LogP contribution in [0.3, 0.4) is 0 Å². The van der Waals surface area contributed by atoms with Crippen molar-refractivity contribution in [3.05, 3.63) is 0 Å². The van der Waals surface area contributed by atoms with Crippen molar-refractivity contribution in [2.75, 3.05) is 6.54 Å². The van der Waals surface area contributed by atoms with Gasteiger partial charge in [-0.1, -0.05) is 80.6 Å². The predicted octanol–water partition coefficient (Wildman–Crippen LogP) is 8.07. The van der Waals surface area contributed by atoms with Crippen LogP contribution in [0.1, 0.15) is 119 Å². The molecule has 0 aromatic heterocycles. The second kappa shape index (κ2) is 12.5. The van der Waals surface area contributed by atoms with Crippen molar-refractivity contribution in [2.45, 2.75) is 119 Å². The minimum absolute atomic E-state index is 0.615. The zero-order valence-corrected chi connectivity index (χ0v) is 20.0. The molecule has 0 spiro atoms. The van der Waals surface area contributed by atoms with E-state index in [1.165, 1.54) is 70.6 Å². The molecule has 162 valence electrons. The average molecular weight is 380 g/mol. The van der Waals surface area contributed by atoms with Gasteiger partial charge in [0.15, 0.2) is 0 Å². The van der Waals surface area contributed by atoms with Crippen molar-refractivity contribution in [2.24, 2.45) is 46.7 Å². The van der Waals surface area contributed by atoms with E-state index in [-0.39, 0.29) is 0 Å². The Kier molecular flexibility index (Phi) is 11.6. The highest BCUT2D eigenvalue weighted by molar-refractivity contribution is 4.91. The van der Waals surface area contributed by atoms with Gasteiger partial charge < -0.3 is 5.73 Å². The van der Waals surface area contributed by atoms with Gasteiger partial charge in [0.25, 0.3) is 0 Å². The molecule has 6 atom stereocenters. The molecule has 0 aliphatic heterocycles. The van der Waals surface area contributed by atoms with Crippen molar-refractivity contribution < 1.29 is 0 Å². The van der Waals surface area contributed by atoms with Crippen LogP contribution in [-0.4, -0.2) is 6.54 Å². The molecular weight excluding hydrogens is 326 g/mol. The minimum Gasteiger partial charge on any atom is -0.330 e. The van der Waals surface area contributed by atoms with Crippen LogP contribution in [0.4, 0.5) is 0 Å². The lowest BCUT2D eigenvalue weighted by Gasteiger charge is -2.47. The fraction of sp³-hybridized carbons (Fsp3) is 1.00. The topological polar surface area (TPSA) is 26.0 Å². The van der Waals surface area contributed by atoms with Crippen LogP contribution < -0.4 is 5.73 Å².